The third kappa shape index (κ3) is 3.35. The van der Waals surface area contributed by atoms with Crippen LogP contribution in [0, 0.1) is 0 Å². The molecule has 0 atom stereocenters. The first-order valence-corrected chi connectivity index (χ1v) is 10.5. The predicted octanol–water partition coefficient (Wildman–Crippen LogP) is 3.08. The highest BCUT2D eigenvalue weighted by Crippen LogP contribution is 2.22. The smallest absolute Gasteiger partial charge is 0.365 e. The number of imidazole rings is 1. The Morgan fingerprint density at radius 3 is 2.59 bits per heavy atom. The number of esters is 1. The van der Waals surface area contributed by atoms with E-state index in [0.717, 1.165) is 54.1 Å². The Balaban J connectivity index is 1.17. The standard InChI is InChI=1S/C24H20N6O2/c31-23-21(26-22(32-23)17-13-16-5-1-2-6-18(16)25-14-17)15-29-9-11-30(12-10-29)24-27-19-7-3-4-8-20(19)28-24/h1-8,13-15H,9-12H2,(H,27,28). The van der Waals surface area contributed by atoms with Gasteiger partial charge in [0.15, 0.2) is 5.70 Å². The number of rotatable bonds is 3. The van der Waals surface area contributed by atoms with Crippen LogP contribution in [0.4, 0.5) is 5.95 Å². The van der Waals surface area contributed by atoms with Gasteiger partial charge in [0.1, 0.15) is 0 Å². The van der Waals surface area contributed by atoms with E-state index in [2.05, 4.69) is 29.7 Å². The average Bonchev–Trinajstić information content (AvgIpc) is 3.43. The molecule has 1 saturated heterocycles. The number of hydrogen-bond acceptors (Lipinski definition) is 7. The van der Waals surface area contributed by atoms with Crippen LogP contribution in [0.2, 0.25) is 0 Å². The number of para-hydroxylation sites is 3. The van der Waals surface area contributed by atoms with Gasteiger partial charge in [-0.1, -0.05) is 30.3 Å². The van der Waals surface area contributed by atoms with E-state index >= 15 is 0 Å². The summed E-state index contributed by atoms with van der Waals surface area (Å²) in [5.41, 5.74) is 3.89. The Labute approximate surface area is 183 Å². The number of aromatic nitrogens is 3. The number of nitrogens with zero attached hydrogens (tertiary/aromatic N) is 5. The van der Waals surface area contributed by atoms with Crippen molar-refractivity contribution < 1.29 is 9.53 Å². The van der Waals surface area contributed by atoms with Gasteiger partial charge >= 0.3 is 5.97 Å². The monoisotopic (exact) mass is 424 g/mol. The van der Waals surface area contributed by atoms with Gasteiger partial charge in [0.05, 0.1) is 22.1 Å². The van der Waals surface area contributed by atoms with Gasteiger partial charge in [-0.25, -0.2) is 14.8 Å². The summed E-state index contributed by atoms with van der Waals surface area (Å²) in [5, 5.41) is 0.975. The van der Waals surface area contributed by atoms with Crippen LogP contribution in [0.15, 0.2) is 77.7 Å². The molecule has 1 N–H and O–H groups in total. The lowest BCUT2D eigenvalue weighted by Crippen LogP contribution is -2.44. The van der Waals surface area contributed by atoms with E-state index in [0.29, 0.717) is 17.2 Å². The van der Waals surface area contributed by atoms with E-state index in [1.165, 1.54) is 0 Å². The largest absolute Gasteiger partial charge is 0.402 e. The topological polar surface area (TPSA) is 86.7 Å². The molecule has 8 nitrogen and oxygen atoms in total. The molecule has 0 saturated carbocycles. The first-order chi connectivity index (χ1) is 15.7. The van der Waals surface area contributed by atoms with Crippen LogP contribution in [0.1, 0.15) is 5.56 Å². The molecule has 0 radical (unpaired) electrons. The Kier molecular flexibility index (Phi) is 4.34. The second-order valence-electron chi connectivity index (χ2n) is 7.84. The average molecular weight is 424 g/mol. The van der Waals surface area contributed by atoms with Crippen LogP contribution in [0.25, 0.3) is 21.9 Å². The van der Waals surface area contributed by atoms with E-state index in [4.69, 9.17) is 4.74 Å². The number of hydrogen-bond donors (Lipinski definition) is 1. The maximum absolute atomic E-state index is 12.4. The first-order valence-electron chi connectivity index (χ1n) is 10.5. The molecule has 1 fully saturated rings. The molecule has 0 amide bonds. The number of benzene rings is 2. The number of aromatic amines is 1. The first kappa shape index (κ1) is 18.6. The van der Waals surface area contributed by atoms with Gasteiger partial charge < -0.3 is 19.5 Å². The fraction of sp³-hybridized carbons (Fsp3) is 0.167. The lowest BCUT2D eigenvalue weighted by molar-refractivity contribution is -0.130. The highest BCUT2D eigenvalue weighted by Gasteiger charge is 2.26. The second kappa shape index (κ2) is 7.49. The molecule has 2 aliphatic rings. The van der Waals surface area contributed by atoms with Crippen LogP contribution in [0.3, 0.4) is 0 Å². The number of ether oxygens (including phenoxy) is 1. The molecule has 2 aromatic carbocycles. The molecule has 2 aliphatic heterocycles. The fourth-order valence-corrected chi connectivity index (χ4v) is 4.04. The van der Waals surface area contributed by atoms with E-state index in [1.807, 2.05) is 54.6 Å². The number of piperazine rings is 1. The van der Waals surface area contributed by atoms with Crippen molar-refractivity contribution in [1.82, 2.24) is 19.9 Å². The number of anilines is 1. The van der Waals surface area contributed by atoms with Gasteiger partial charge in [0, 0.05) is 44.0 Å². The minimum absolute atomic E-state index is 0.292. The third-order valence-corrected chi connectivity index (χ3v) is 5.75. The maximum atomic E-state index is 12.4. The summed E-state index contributed by atoms with van der Waals surface area (Å²) in [7, 11) is 0. The van der Waals surface area contributed by atoms with Crippen molar-refractivity contribution >= 4 is 39.8 Å². The molecule has 0 spiro atoms. The highest BCUT2D eigenvalue weighted by atomic mass is 16.6. The predicted molar refractivity (Wildman–Crippen MR) is 122 cm³/mol. The zero-order valence-corrected chi connectivity index (χ0v) is 17.2. The maximum Gasteiger partial charge on any atom is 0.365 e. The van der Waals surface area contributed by atoms with Crippen molar-refractivity contribution in [2.24, 2.45) is 4.99 Å². The molecule has 0 aliphatic carbocycles. The zero-order valence-electron chi connectivity index (χ0n) is 17.2. The summed E-state index contributed by atoms with van der Waals surface area (Å²) >= 11 is 0. The van der Waals surface area contributed by atoms with E-state index in [1.54, 1.807) is 12.4 Å². The van der Waals surface area contributed by atoms with E-state index in [9.17, 15) is 4.79 Å². The third-order valence-electron chi connectivity index (χ3n) is 5.75. The van der Waals surface area contributed by atoms with Gasteiger partial charge in [-0.15, -0.1) is 0 Å². The number of aliphatic imine (C=N–C) groups is 1. The van der Waals surface area contributed by atoms with Crippen molar-refractivity contribution in [1.29, 1.82) is 0 Å². The number of fused-ring (bicyclic) bond motifs is 2. The zero-order chi connectivity index (χ0) is 21.5. The number of cyclic esters (lactones) is 1. The minimum atomic E-state index is -0.437. The molecule has 158 valence electrons. The molecular formula is C24H20N6O2. The number of carbonyl (C=O) groups excluding carboxylic acids is 1. The summed E-state index contributed by atoms with van der Waals surface area (Å²) in [4.78, 5) is 33.6. The van der Waals surface area contributed by atoms with Crippen molar-refractivity contribution in [2.45, 2.75) is 0 Å². The van der Waals surface area contributed by atoms with Crippen molar-refractivity contribution in [2.75, 3.05) is 31.1 Å². The fourth-order valence-electron chi connectivity index (χ4n) is 4.04. The van der Waals surface area contributed by atoms with Gasteiger partial charge in [0.2, 0.25) is 11.8 Å². The van der Waals surface area contributed by atoms with Gasteiger partial charge in [-0.2, -0.15) is 0 Å². The molecule has 4 heterocycles. The second-order valence-corrected chi connectivity index (χ2v) is 7.84. The van der Waals surface area contributed by atoms with Gasteiger partial charge in [0.25, 0.3) is 0 Å². The normalized spacial score (nSPS) is 17.9. The van der Waals surface area contributed by atoms with Crippen LogP contribution in [0.5, 0.6) is 0 Å². The molecule has 0 bridgehead atoms. The lowest BCUT2D eigenvalue weighted by atomic mass is 10.1. The SMILES string of the molecule is O=C1OC(c2cnc3ccccc3c2)=NC1=CN1CCN(c2nc3ccccc3[nH]2)CC1. The van der Waals surface area contributed by atoms with Crippen LogP contribution in [-0.4, -0.2) is 57.9 Å². The van der Waals surface area contributed by atoms with Crippen LogP contribution in [-0.2, 0) is 9.53 Å². The summed E-state index contributed by atoms with van der Waals surface area (Å²) in [6.07, 6.45) is 3.48. The Hall–Kier alpha value is -4.20. The summed E-state index contributed by atoms with van der Waals surface area (Å²) in [6, 6.07) is 17.8. The Morgan fingerprint density at radius 2 is 1.75 bits per heavy atom. The number of pyridine rings is 1. The molecule has 2 aromatic heterocycles. The molecule has 4 aromatic rings. The minimum Gasteiger partial charge on any atom is -0.402 e. The molecular weight excluding hydrogens is 404 g/mol. The number of carbonyl (C=O) groups is 1. The Morgan fingerprint density at radius 1 is 0.969 bits per heavy atom. The summed E-state index contributed by atoms with van der Waals surface area (Å²) < 4.78 is 5.43. The van der Waals surface area contributed by atoms with E-state index < -0.39 is 5.97 Å². The van der Waals surface area contributed by atoms with Crippen molar-refractivity contribution in [3.05, 3.63) is 78.3 Å². The molecule has 0 unspecified atom stereocenters. The van der Waals surface area contributed by atoms with Crippen molar-refractivity contribution in [3.8, 4) is 0 Å². The van der Waals surface area contributed by atoms with Gasteiger partial charge in [-0.05, 0) is 24.3 Å². The number of nitrogens with one attached hydrogen (secondary N) is 1. The highest BCUT2D eigenvalue weighted by molar-refractivity contribution is 6.11. The lowest BCUT2D eigenvalue weighted by Gasteiger charge is -2.33. The number of H-pyrrole nitrogens is 1. The van der Waals surface area contributed by atoms with Gasteiger partial charge in [-0.3, -0.25) is 4.98 Å². The summed E-state index contributed by atoms with van der Waals surface area (Å²) in [6.45, 7) is 3.11. The molecule has 32 heavy (non-hydrogen) atoms. The van der Waals surface area contributed by atoms with Crippen LogP contribution < -0.4 is 4.90 Å². The quantitative estimate of drug-likeness (QED) is 0.402. The summed E-state index contributed by atoms with van der Waals surface area (Å²) in [5.74, 6) is 0.733. The van der Waals surface area contributed by atoms with Crippen molar-refractivity contribution in [3.63, 3.8) is 0 Å². The molecule has 6 rings (SSSR count). The Bertz CT molecular complexity index is 1360. The van der Waals surface area contributed by atoms with E-state index in [-0.39, 0.29) is 0 Å². The molecule has 8 heteroatoms. The van der Waals surface area contributed by atoms with Crippen LogP contribution >= 0.6 is 0 Å².